The molecule has 1 aromatic carbocycles. The summed E-state index contributed by atoms with van der Waals surface area (Å²) in [6, 6.07) is 10.7. The topological polar surface area (TPSA) is 0 Å². The third-order valence-electron chi connectivity index (χ3n) is 2.47. The lowest BCUT2D eigenvalue weighted by molar-refractivity contribution is 0.808. The van der Waals surface area contributed by atoms with Crippen molar-refractivity contribution in [2.75, 3.05) is 0 Å². The summed E-state index contributed by atoms with van der Waals surface area (Å²) in [6.45, 7) is 4.48. The van der Waals surface area contributed by atoms with E-state index in [4.69, 9.17) is 0 Å². The highest BCUT2D eigenvalue weighted by Gasteiger charge is 1.98. The lowest BCUT2D eigenvalue weighted by atomic mass is 10.0. The van der Waals surface area contributed by atoms with Crippen molar-refractivity contribution in [2.24, 2.45) is 0 Å². The molecule has 0 heteroatoms. The minimum atomic E-state index is 0.549. The van der Waals surface area contributed by atoms with Gasteiger partial charge in [-0.3, -0.25) is 0 Å². The highest BCUT2D eigenvalue weighted by molar-refractivity contribution is 5.22. The van der Waals surface area contributed by atoms with Crippen molar-refractivity contribution in [2.45, 2.75) is 39.0 Å². The Morgan fingerprint density at radius 1 is 1.21 bits per heavy atom. The fraction of sp³-hybridized carbons (Fsp3) is 0.429. The van der Waals surface area contributed by atoms with Crippen LogP contribution in [0.2, 0.25) is 0 Å². The van der Waals surface area contributed by atoms with Crippen LogP contribution in [-0.2, 0) is 0 Å². The lowest BCUT2D eigenvalue weighted by Gasteiger charge is -2.05. The average molecular weight is 188 g/mol. The molecule has 0 radical (unpaired) electrons. The minimum Gasteiger partial charge on any atom is -0.0879 e. The molecule has 0 saturated heterocycles. The van der Waals surface area contributed by atoms with Crippen LogP contribution in [-0.4, -0.2) is 0 Å². The van der Waals surface area contributed by atoms with Crippen molar-refractivity contribution < 1.29 is 0 Å². The summed E-state index contributed by atoms with van der Waals surface area (Å²) in [6.07, 6.45) is 8.42. The molecule has 14 heavy (non-hydrogen) atoms. The summed E-state index contributed by atoms with van der Waals surface area (Å²) in [5.74, 6) is 0.549. The van der Waals surface area contributed by atoms with Crippen molar-refractivity contribution in [3.05, 3.63) is 48.0 Å². The first-order chi connectivity index (χ1) is 6.84. The first-order valence-electron chi connectivity index (χ1n) is 5.56. The molecule has 0 N–H and O–H groups in total. The number of allylic oxidation sites excluding steroid dienone is 2. The predicted molar refractivity (Wildman–Crippen MR) is 63.5 cm³/mol. The van der Waals surface area contributed by atoms with E-state index in [2.05, 4.69) is 56.3 Å². The maximum absolute atomic E-state index is 2.31. The largest absolute Gasteiger partial charge is 0.0879 e. The van der Waals surface area contributed by atoms with Crippen LogP contribution in [0, 0.1) is 0 Å². The maximum atomic E-state index is 2.31. The van der Waals surface area contributed by atoms with Gasteiger partial charge in [0, 0.05) is 0 Å². The molecular weight excluding hydrogens is 168 g/mol. The molecule has 1 unspecified atom stereocenters. The maximum Gasteiger partial charge on any atom is -0.00104 e. The van der Waals surface area contributed by atoms with E-state index < -0.39 is 0 Å². The van der Waals surface area contributed by atoms with Crippen LogP contribution in [0.25, 0.3) is 0 Å². The monoisotopic (exact) mass is 188 g/mol. The zero-order chi connectivity index (χ0) is 10.2. The van der Waals surface area contributed by atoms with Gasteiger partial charge in [-0.2, -0.15) is 0 Å². The van der Waals surface area contributed by atoms with E-state index in [9.17, 15) is 0 Å². The van der Waals surface area contributed by atoms with Gasteiger partial charge in [-0.05, 0) is 17.9 Å². The number of benzene rings is 1. The molecule has 0 aliphatic carbocycles. The van der Waals surface area contributed by atoms with Gasteiger partial charge in [0.2, 0.25) is 0 Å². The van der Waals surface area contributed by atoms with Gasteiger partial charge in [0.15, 0.2) is 0 Å². The molecule has 0 aliphatic rings. The second-order valence-corrected chi connectivity index (χ2v) is 3.77. The Hall–Kier alpha value is -1.04. The first kappa shape index (κ1) is 11.0. The quantitative estimate of drug-likeness (QED) is 0.470. The molecule has 0 saturated carbocycles. The zero-order valence-electron chi connectivity index (χ0n) is 9.24. The van der Waals surface area contributed by atoms with Crippen molar-refractivity contribution in [1.82, 2.24) is 0 Å². The summed E-state index contributed by atoms with van der Waals surface area (Å²) < 4.78 is 0. The van der Waals surface area contributed by atoms with Crippen molar-refractivity contribution in [3.63, 3.8) is 0 Å². The normalized spacial score (nSPS) is 13.3. The third-order valence-corrected chi connectivity index (χ3v) is 2.47. The van der Waals surface area contributed by atoms with E-state index in [0.29, 0.717) is 5.92 Å². The van der Waals surface area contributed by atoms with Crippen LogP contribution in [0.1, 0.15) is 44.6 Å². The molecule has 0 amide bonds. The highest BCUT2D eigenvalue weighted by Crippen LogP contribution is 2.16. The Morgan fingerprint density at radius 2 is 1.93 bits per heavy atom. The van der Waals surface area contributed by atoms with Crippen LogP contribution >= 0.6 is 0 Å². The Labute approximate surface area is 87.7 Å². The van der Waals surface area contributed by atoms with Crippen molar-refractivity contribution >= 4 is 0 Å². The summed E-state index contributed by atoms with van der Waals surface area (Å²) >= 11 is 0. The smallest absolute Gasteiger partial charge is 0.00104 e. The summed E-state index contributed by atoms with van der Waals surface area (Å²) in [7, 11) is 0. The second-order valence-electron chi connectivity index (χ2n) is 3.77. The molecule has 0 aromatic heterocycles. The number of hydrogen-bond donors (Lipinski definition) is 0. The highest BCUT2D eigenvalue weighted by atomic mass is 14.0. The van der Waals surface area contributed by atoms with Crippen LogP contribution < -0.4 is 0 Å². The van der Waals surface area contributed by atoms with Gasteiger partial charge < -0.3 is 0 Å². The molecule has 0 aliphatic heterocycles. The fourth-order valence-corrected chi connectivity index (χ4v) is 1.49. The molecule has 1 atom stereocenters. The Balaban J connectivity index is 2.42. The molecule has 0 fully saturated rings. The van der Waals surface area contributed by atoms with Gasteiger partial charge in [0.25, 0.3) is 0 Å². The average Bonchev–Trinajstić information content (AvgIpc) is 2.25. The molecule has 0 bridgehead atoms. The Kier molecular flexibility index (Phi) is 5.06. The second kappa shape index (κ2) is 6.42. The van der Waals surface area contributed by atoms with Crippen LogP contribution in [0.3, 0.4) is 0 Å². The van der Waals surface area contributed by atoms with Crippen LogP contribution in [0.5, 0.6) is 0 Å². The van der Waals surface area contributed by atoms with Gasteiger partial charge in [-0.25, -0.2) is 0 Å². The zero-order valence-corrected chi connectivity index (χ0v) is 9.24. The summed E-state index contributed by atoms with van der Waals surface area (Å²) in [4.78, 5) is 0. The standard InChI is InChI=1S/C14H20/c1-3-4-5-7-10-13(2)14-11-8-6-9-12-14/h6-13H,3-5H2,1-2H3. The summed E-state index contributed by atoms with van der Waals surface area (Å²) in [5, 5.41) is 0. The number of unbranched alkanes of at least 4 members (excludes halogenated alkanes) is 2. The molecule has 1 rings (SSSR count). The minimum absolute atomic E-state index is 0.549. The third kappa shape index (κ3) is 3.78. The van der Waals surface area contributed by atoms with E-state index in [1.165, 1.54) is 24.8 Å². The molecule has 1 aromatic rings. The number of hydrogen-bond acceptors (Lipinski definition) is 0. The van der Waals surface area contributed by atoms with E-state index in [0.717, 1.165) is 0 Å². The SMILES string of the molecule is CCCCC=CC(C)c1ccccc1. The van der Waals surface area contributed by atoms with E-state index in [-0.39, 0.29) is 0 Å². The van der Waals surface area contributed by atoms with Gasteiger partial charge in [-0.15, -0.1) is 0 Å². The van der Waals surface area contributed by atoms with Gasteiger partial charge in [-0.1, -0.05) is 69.2 Å². The Morgan fingerprint density at radius 3 is 2.57 bits per heavy atom. The van der Waals surface area contributed by atoms with Crippen LogP contribution in [0.15, 0.2) is 42.5 Å². The van der Waals surface area contributed by atoms with Crippen molar-refractivity contribution in [3.8, 4) is 0 Å². The van der Waals surface area contributed by atoms with Crippen molar-refractivity contribution in [1.29, 1.82) is 0 Å². The summed E-state index contributed by atoms with van der Waals surface area (Å²) in [5.41, 5.74) is 1.40. The van der Waals surface area contributed by atoms with Gasteiger partial charge in [0.1, 0.15) is 0 Å². The van der Waals surface area contributed by atoms with Crippen LogP contribution in [0.4, 0.5) is 0 Å². The molecule has 0 spiro atoms. The molecule has 0 nitrogen and oxygen atoms in total. The van der Waals surface area contributed by atoms with Gasteiger partial charge >= 0.3 is 0 Å². The number of rotatable bonds is 5. The predicted octanol–water partition coefficient (Wildman–Crippen LogP) is 4.54. The molecule has 0 heterocycles. The molecule has 76 valence electrons. The van der Waals surface area contributed by atoms with E-state index in [1.54, 1.807) is 0 Å². The Bertz CT molecular complexity index is 259. The fourth-order valence-electron chi connectivity index (χ4n) is 1.49. The van der Waals surface area contributed by atoms with Gasteiger partial charge in [0.05, 0.1) is 0 Å². The lowest BCUT2D eigenvalue weighted by Crippen LogP contribution is -1.87. The van der Waals surface area contributed by atoms with E-state index >= 15 is 0 Å². The van der Waals surface area contributed by atoms with E-state index in [1.807, 2.05) is 0 Å². The first-order valence-corrected chi connectivity index (χ1v) is 5.56. The molecular formula is C14H20.